The first-order valence-corrected chi connectivity index (χ1v) is 5.08. The Bertz CT molecular complexity index is 471. The van der Waals surface area contributed by atoms with Gasteiger partial charge in [-0.2, -0.15) is 13.2 Å². The zero-order chi connectivity index (χ0) is 14.1. The number of pyridine rings is 1. The third-order valence-corrected chi connectivity index (χ3v) is 2.27. The molecule has 0 bridgehead atoms. The normalized spacial score (nSPS) is 13.2. The van der Waals surface area contributed by atoms with Gasteiger partial charge in [0.2, 0.25) is 5.88 Å². The first-order valence-electron chi connectivity index (χ1n) is 5.08. The van der Waals surface area contributed by atoms with Crippen molar-refractivity contribution in [1.82, 2.24) is 4.98 Å². The molecule has 1 unspecified atom stereocenters. The van der Waals surface area contributed by atoms with Gasteiger partial charge in [0.25, 0.3) is 0 Å². The Hall–Kier alpha value is -1.79. The maximum Gasteiger partial charge on any atom is 0.425 e. The van der Waals surface area contributed by atoms with Crippen LogP contribution in [-0.4, -0.2) is 28.3 Å². The predicted molar refractivity (Wildman–Crippen MR) is 56.8 cm³/mol. The number of carbonyl (C=O) groups is 1. The number of ether oxygens (including phenoxy) is 1. The molecule has 1 atom stereocenters. The monoisotopic (exact) mass is 263 g/mol. The average Bonchev–Trinajstić information content (AvgIpc) is 2.13. The van der Waals surface area contributed by atoms with Gasteiger partial charge in [0.05, 0.1) is 0 Å². The number of nitrogens with zero attached hydrogens (tertiary/aromatic N) is 1. The minimum atomic E-state index is -4.57. The minimum absolute atomic E-state index is 0.305. The molecule has 100 valence electrons. The lowest BCUT2D eigenvalue weighted by Gasteiger charge is -2.19. The van der Waals surface area contributed by atoms with Crippen LogP contribution in [0.4, 0.5) is 13.2 Å². The fourth-order valence-corrected chi connectivity index (χ4v) is 1.38. The standard InChI is InChI=1S/C11H12F3NO3/c1-5-4-6(2)15-9(8(5)10(16)17)18-7(3)11(12,13)14/h4,7H,1-3H3,(H,16,17). The van der Waals surface area contributed by atoms with E-state index in [-0.39, 0.29) is 5.56 Å². The summed E-state index contributed by atoms with van der Waals surface area (Å²) in [5.41, 5.74) is 0.345. The molecule has 1 heterocycles. The fourth-order valence-electron chi connectivity index (χ4n) is 1.38. The van der Waals surface area contributed by atoms with E-state index in [1.807, 2.05) is 0 Å². The summed E-state index contributed by atoms with van der Waals surface area (Å²) in [5, 5.41) is 8.95. The van der Waals surface area contributed by atoms with Crippen molar-refractivity contribution in [2.24, 2.45) is 0 Å². The molecule has 0 aromatic carbocycles. The van der Waals surface area contributed by atoms with Gasteiger partial charge in [0.15, 0.2) is 6.10 Å². The van der Waals surface area contributed by atoms with E-state index in [2.05, 4.69) is 9.72 Å². The second-order valence-electron chi connectivity index (χ2n) is 3.87. The molecule has 0 aliphatic heterocycles. The fraction of sp³-hybridized carbons (Fsp3) is 0.455. The summed E-state index contributed by atoms with van der Waals surface area (Å²) in [6.07, 6.45) is -6.70. The van der Waals surface area contributed by atoms with Crippen molar-refractivity contribution in [3.05, 3.63) is 22.9 Å². The van der Waals surface area contributed by atoms with Crippen LogP contribution in [0.25, 0.3) is 0 Å². The molecule has 0 amide bonds. The van der Waals surface area contributed by atoms with Crippen LogP contribution in [-0.2, 0) is 0 Å². The Morgan fingerprint density at radius 2 is 2.00 bits per heavy atom. The molecule has 4 nitrogen and oxygen atoms in total. The van der Waals surface area contributed by atoms with Gasteiger partial charge in [-0.05, 0) is 32.4 Å². The minimum Gasteiger partial charge on any atom is -0.477 e. The molecular weight excluding hydrogens is 251 g/mol. The van der Waals surface area contributed by atoms with Gasteiger partial charge in [-0.25, -0.2) is 9.78 Å². The van der Waals surface area contributed by atoms with E-state index < -0.39 is 24.1 Å². The summed E-state index contributed by atoms with van der Waals surface area (Å²) >= 11 is 0. The summed E-state index contributed by atoms with van der Waals surface area (Å²) in [5.74, 6) is -1.88. The van der Waals surface area contributed by atoms with E-state index in [9.17, 15) is 18.0 Å². The zero-order valence-electron chi connectivity index (χ0n) is 10.00. The second-order valence-corrected chi connectivity index (χ2v) is 3.87. The topological polar surface area (TPSA) is 59.4 Å². The van der Waals surface area contributed by atoms with Crippen molar-refractivity contribution in [1.29, 1.82) is 0 Å². The second kappa shape index (κ2) is 4.83. The number of rotatable bonds is 3. The number of aromatic nitrogens is 1. The molecule has 0 aliphatic rings. The van der Waals surface area contributed by atoms with Crippen molar-refractivity contribution in [3.63, 3.8) is 0 Å². The summed E-state index contributed by atoms with van der Waals surface area (Å²) in [6.45, 7) is 3.82. The zero-order valence-corrected chi connectivity index (χ0v) is 10.00. The summed E-state index contributed by atoms with van der Waals surface area (Å²) < 4.78 is 41.7. The Morgan fingerprint density at radius 3 is 2.44 bits per heavy atom. The maximum atomic E-state index is 12.4. The summed E-state index contributed by atoms with van der Waals surface area (Å²) in [4.78, 5) is 14.7. The van der Waals surface area contributed by atoms with Crippen molar-refractivity contribution in [3.8, 4) is 5.88 Å². The molecule has 0 fully saturated rings. The molecule has 0 saturated heterocycles. The van der Waals surface area contributed by atoms with E-state index >= 15 is 0 Å². The molecule has 0 saturated carbocycles. The van der Waals surface area contributed by atoms with Gasteiger partial charge < -0.3 is 9.84 Å². The van der Waals surface area contributed by atoms with E-state index in [0.29, 0.717) is 11.3 Å². The molecule has 7 heteroatoms. The van der Waals surface area contributed by atoms with Gasteiger partial charge in [-0.15, -0.1) is 0 Å². The lowest BCUT2D eigenvalue weighted by molar-refractivity contribution is -0.190. The molecule has 1 aromatic rings. The van der Waals surface area contributed by atoms with Crippen LogP contribution in [0.5, 0.6) is 5.88 Å². The quantitative estimate of drug-likeness (QED) is 0.910. The average molecular weight is 263 g/mol. The highest BCUT2D eigenvalue weighted by atomic mass is 19.4. The largest absolute Gasteiger partial charge is 0.477 e. The molecule has 1 N–H and O–H groups in total. The molecule has 1 aromatic heterocycles. The first kappa shape index (κ1) is 14.3. The van der Waals surface area contributed by atoms with Crippen LogP contribution in [0.1, 0.15) is 28.5 Å². The van der Waals surface area contributed by atoms with Crippen molar-refractivity contribution < 1.29 is 27.8 Å². The number of halogens is 3. The predicted octanol–water partition coefficient (Wildman–Crippen LogP) is 2.73. The number of aryl methyl sites for hydroxylation is 2. The van der Waals surface area contributed by atoms with Gasteiger partial charge in [-0.3, -0.25) is 0 Å². The van der Waals surface area contributed by atoms with Crippen molar-refractivity contribution in [2.75, 3.05) is 0 Å². The first-order chi connectivity index (χ1) is 8.12. The van der Waals surface area contributed by atoms with E-state index in [1.54, 1.807) is 6.92 Å². The van der Waals surface area contributed by atoms with Gasteiger partial charge in [0, 0.05) is 5.69 Å². The van der Waals surface area contributed by atoms with Gasteiger partial charge >= 0.3 is 12.1 Å². The molecule has 0 aliphatic carbocycles. The summed E-state index contributed by atoms with van der Waals surface area (Å²) in [7, 11) is 0. The number of carboxylic acid groups (broad SMARTS) is 1. The van der Waals surface area contributed by atoms with E-state index in [1.165, 1.54) is 13.0 Å². The van der Waals surface area contributed by atoms with Crippen LogP contribution in [0.2, 0.25) is 0 Å². The van der Waals surface area contributed by atoms with Crippen LogP contribution >= 0.6 is 0 Å². The SMILES string of the molecule is Cc1cc(C)c(C(=O)O)c(OC(C)C(F)(F)F)n1. The maximum absolute atomic E-state index is 12.4. The van der Waals surface area contributed by atoms with Crippen LogP contribution in [0.15, 0.2) is 6.07 Å². The van der Waals surface area contributed by atoms with Crippen molar-refractivity contribution >= 4 is 5.97 Å². The molecule has 0 spiro atoms. The number of carboxylic acids is 1. The lowest BCUT2D eigenvalue weighted by Crippen LogP contribution is -2.32. The lowest BCUT2D eigenvalue weighted by atomic mass is 10.1. The van der Waals surface area contributed by atoms with Gasteiger partial charge in [0.1, 0.15) is 5.56 Å². The number of aromatic carboxylic acids is 1. The van der Waals surface area contributed by atoms with E-state index in [0.717, 1.165) is 6.92 Å². The highest BCUT2D eigenvalue weighted by molar-refractivity contribution is 5.91. The van der Waals surface area contributed by atoms with E-state index in [4.69, 9.17) is 5.11 Å². The van der Waals surface area contributed by atoms with Crippen LogP contribution in [0, 0.1) is 13.8 Å². The number of hydrogen-bond donors (Lipinski definition) is 1. The van der Waals surface area contributed by atoms with Crippen LogP contribution < -0.4 is 4.74 Å². The molecule has 0 radical (unpaired) electrons. The number of alkyl halides is 3. The molecule has 1 rings (SSSR count). The highest BCUT2D eigenvalue weighted by Gasteiger charge is 2.39. The Labute approximate surface area is 101 Å². The van der Waals surface area contributed by atoms with Crippen LogP contribution in [0.3, 0.4) is 0 Å². The third-order valence-electron chi connectivity index (χ3n) is 2.27. The van der Waals surface area contributed by atoms with Crippen molar-refractivity contribution in [2.45, 2.75) is 33.1 Å². The van der Waals surface area contributed by atoms with Gasteiger partial charge in [-0.1, -0.05) is 0 Å². The highest BCUT2D eigenvalue weighted by Crippen LogP contribution is 2.27. The Morgan fingerprint density at radius 1 is 1.44 bits per heavy atom. The summed E-state index contributed by atoms with van der Waals surface area (Å²) in [6, 6.07) is 1.47. The third kappa shape index (κ3) is 3.12. The Kier molecular flexibility index (Phi) is 3.83. The Balaban J connectivity index is 3.19. The smallest absolute Gasteiger partial charge is 0.425 e. The number of hydrogen-bond acceptors (Lipinski definition) is 3. The molecular formula is C11H12F3NO3. The molecule has 18 heavy (non-hydrogen) atoms.